The number of fused-ring (bicyclic) bond motifs is 1. The summed E-state index contributed by atoms with van der Waals surface area (Å²) < 4.78 is 33.0. The molecule has 1 fully saturated rings. The van der Waals surface area contributed by atoms with E-state index in [9.17, 15) is 8.42 Å². The zero-order valence-corrected chi connectivity index (χ0v) is 21.4. The van der Waals surface area contributed by atoms with Gasteiger partial charge in [0.25, 0.3) is 10.0 Å². The molecule has 36 heavy (non-hydrogen) atoms. The molecular formula is C26H30N6O3S. The Morgan fingerprint density at radius 3 is 2.44 bits per heavy atom. The fraction of sp³-hybridized carbons (Fsp3) is 0.308. The highest BCUT2D eigenvalue weighted by Crippen LogP contribution is 2.25. The number of aromatic nitrogens is 3. The van der Waals surface area contributed by atoms with Crippen LogP contribution in [0.1, 0.15) is 13.8 Å². The van der Waals surface area contributed by atoms with Gasteiger partial charge in [0.1, 0.15) is 5.75 Å². The van der Waals surface area contributed by atoms with Crippen LogP contribution < -0.4 is 15.0 Å². The second-order valence-corrected chi connectivity index (χ2v) is 10.9. The van der Waals surface area contributed by atoms with Crippen molar-refractivity contribution in [1.82, 2.24) is 18.8 Å². The van der Waals surface area contributed by atoms with Crippen LogP contribution in [0.25, 0.3) is 11.0 Å². The summed E-state index contributed by atoms with van der Waals surface area (Å²) in [6.45, 7) is 8.60. The summed E-state index contributed by atoms with van der Waals surface area (Å²) in [5.74, 6) is 0.788. The average Bonchev–Trinajstić information content (AvgIpc) is 3.33. The first-order valence-electron chi connectivity index (χ1n) is 11.9. The van der Waals surface area contributed by atoms with Gasteiger partial charge in [0.15, 0.2) is 5.65 Å². The Balaban J connectivity index is 1.35. The molecule has 2 aromatic heterocycles. The second-order valence-electron chi connectivity index (χ2n) is 9.06. The number of ether oxygens (including phenoxy) is 1. The molecule has 1 saturated heterocycles. The van der Waals surface area contributed by atoms with Crippen molar-refractivity contribution < 1.29 is 13.2 Å². The summed E-state index contributed by atoms with van der Waals surface area (Å²) in [4.78, 5) is 13.9. The van der Waals surface area contributed by atoms with Gasteiger partial charge in [-0.05, 0) is 56.3 Å². The van der Waals surface area contributed by atoms with Crippen molar-refractivity contribution >= 4 is 38.4 Å². The van der Waals surface area contributed by atoms with Crippen LogP contribution in [0.2, 0.25) is 0 Å². The van der Waals surface area contributed by atoms with E-state index in [1.54, 1.807) is 24.4 Å². The number of piperazine rings is 1. The molecule has 1 aliphatic heterocycles. The lowest BCUT2D eigenvalue weighted by atomic mass is 10.2. The normalized spacial score (nSPS) is 14.9. The minimum Gasteiger partial charge on any atom is -0.497 e. The molecule has 0 spiro atoms. The third-order valence-corrected chi connectivity index (χ3v) is 8.19. The van der Waals surface area contributed by atoms with Gasteiger partial charge in [0, 0.05) is 67.4 Å². The highest BCUT2D eigenvalue weighted by atomic mass is 32.2. The Bertz CT molecular complexity index is 1460. The van der Waals surface area contributed by atoms with Crippen LogP contribution in [-0.4, -0.2) is 66.6 Å². The van der Waals surface area contributed by atoms with Crippen LogP contribution in [0.4, 0.5) is 17.3 Å². The SMILES string of the molecule is COc1cccc(S(=O)(=O)n2ccc3cnc(Nc4ccc(N5CCN(C(C)C)CC5)cc4)nc32)c1. The zero-order valence-electron chi connectivity index (χ0n) is 20.6. The highest BCUT2D eigenvalue weighted by molar-refractivity contribution is 7.90. The van der Waals surface area contributed by atoms with Crippen LogP contribution in [0.3, 0.4) is 0 Å². The van der Waals surface area contributed by atoms with E-state index in [-0.39, 0.29) is 4.90 Å². The molecule has 0 amide bonds. The van der Waals surface area contributed by atoms with Crippen molar-refractivity contribution in [3.05, 3.63) is 67.0 Å². The van der Waals surface area contributed by atoms with E-state index >= 15 is 0 Å². The average molecular weight is 507 g/mol. The fourth-order valence-corrected chi connectivity index (χ4v) is 5.74. The standard InChI is InChI=1S/C26H30N6O3S/c1-19(2)30-13-15-31(16-14-30)22-9-7-21(8-10-22)28-26-27-18-20-11-12-32(25(20)29-26)36(33,34)24-6-4-5-23(17-24)35-3/h4-12,17-19H,13-16H2,1-3H3,(H,27,28,29). The smallest absolute Gasteiger partial charge is 0.269 e. The maximum atomic E-state index is 13.3. The molecule has 0 bridgehead atoms. The molecular weight excluding hydrogens is 476 g/mol. The van der Waals surface area contributed by atoms with Crippen LogP contribution in [0.5, 0.6) is 5.75 Å². The quantitative estimate of drug-likeness (QED) is 0.403. The van der Waals surface area contributed by atoms with Gasteiger partial charge < -0.3 is 15.0 Å². The van der Waals surface area contributed by atoms with Crippen LogP contribution in [-0.2, 0) is 10.0 Å². The molecule has 0 aliphatic carbocycles. The minimum absolute atomic E-state index is 0.122. The topological polar surface area (TPSA) is 92.6 Å². The lowest BCUT2D eigenvalue weighted by Crippen LogP contribution is -2.48. The van der Waals surface area contributed by atoms with Crippen molar-refractivity contribution in [1.29, 1.82) is 0 Å². The van der Waals surface area contributed by atoms with E-state index < -0.39 is 10.0 Å². The van der Waals surface area contributed by atoms with Gasteiger partial charge in [-0.1, -0.05) is 6.07 Å². The van der Waals surface area contributed by atoms with Gasteiger partial charge in [-0.25, -0.2) is 17.4 Å². The summed E-state index contributed by atoms with van der Waals surface area (Å²) in [7, 11) is -2.36. The summed E-state index contributed by atoms with van der Waals surface area (Å²) in [5, 5.41) is 3.83. The van der Waals surface area contributed by atoms with Crippen molar-refractivity contribution in [2.45, 2.75) is 24.8 Å². The highest BCUT2D eigenvalue weighted by Gasteiger charge is 2.21. The van der Waals surface area contributed by atoms with E-state index in [0.29, 0.717) is 28.8 Å². The number of methoxy groups -OCH3 is 1. The van der Waals surface area contributed by atoms with Gasteiger partial charge in [-0.2, -0.15) is 4.98 Å². The Labute approximate surface area is 211 Å². The monoisotopic (exact) mass is 506 g/mol. The number of benzene rings is 2. The number of nitrogens with zero attached hydrogens (tertiary/aromatic N) is 5. The van der Waals surface area contributed by atoms with Gasteiger partial charge >= 0.3 is 0 Å². The van der Waals surface area contributed by atoms with Gasteiger partial charge in [0.05, 0.1) is 12.0 Å². The lowest BCUT2D eigenvalue weighted by molar-refractivity contribution is 0.209. The predicted molar refractivity (Wildman–Crippen MR) is 142 cm³/mol. The van der Waals surface area contributed by atoms with Crippen LogP contribution >= 0.6 is 0 Å². The molecule has 2 aromatic carbocycles. The van der Waals surface area contributed by atoms with Gasteiger partial charge in [0.2, 0.25) is 5.95 Å². The summed E-state index contributed by atoms with van der Waals surface area (Å²) in [5.41, 5.74) is 2.31. The first-order chi connectivity index (χ1) is 17.3. The molecule has 0 atom stereocenters. The van der Waals surface area contributed by atoms with Crippen molar-refractivity contribution in [2.75, 3.05) is 43.5 Å². The Kier molecular flexibility index (Phi) is 6.55. The zero-order chi connectivity index (χ0) is 25.3. The number of hydrogen-bond acceptors (Lipinski definition) is 8. The molecule has 5 rings (SSSR count). The third-order valence-electron chi connectivity index (χ3n) is 6.53. The number of nitrogens with one attached hydrogen (secondary N) is 1. The van der Waals surface area contributed by atoms with Crippen molar-refractivity contribution in [3.8, 4) is 5.75 Å². The Morgan fingerprint density at radius 2 is 1.75 bits per heavy atom. The molecule has 9 nitrogen and oxygen atoms in total. The van der Waals surface area contributed by atoms with E-state index in [1.807, 2.05) is 12.1 Å². The molecule has 0 radical (unpaired) electrons. The van der Waals surface area contributed by atoms with Crippen LogP contribution in [0.15, 0.2) is 71.9 Å². The first kappa shape index (κ1) is 24.1. The van der Waals surface area contributed by atoms with Gasteiger partial charge in [-0.3, -0.25) is 4.90 Å². The number of anilines is 3. The Hall–Kier alpha value is -3.63. The largest absolute Gasteiger partial charge is 0.497 e. The summed E-state index contributed by atoms with van der Waals surface area (Å²) >= 11 is 0. The van der Waals surface area contributed by atoms with Gasteiger partial charge in [-0.15, -0.1) is 0 Å². The predicted octanol–water partition coefficient (Wildman–Crippen LogP) is 3.95. The summed E-state index contributed by atoms with van der Waals surface area (Å²) in [6, 6.07) is 16.8. The maximum Gasteiger partial charge on any atom is 0.269 e. The summed E-state index contributed by atoms with van der Waals surface area (Å²) in [6.07, 6.45) is 3.11. The van der Waals surface area contributed by atoms with Crippen molar-refractivity contribution in [2.24, 2.45) is 0 Å². The van der Waals surface area contributed by atoms with E-state index in [4.69, 9.17) is 4.74 Å². The lowest BCUT2D eigenvalue weighted by Gasteiger charge is -2.38. The minimum atomic E-state index is -3.86. The van der Waals surface area contributed by atoms with E-state index in [2.05, 4.69) is 51.1 Å². The molecule has 0 unspecified atom stereocenters. The van der Waals surface area contributed by atoms with E-state index in [1.165, 1.54) is 35.1 Å². The molecule has 0 saturated carbocycles. The molecule has 10 heteroatoms. The Morgan fingerprint density at radius 1 is 1.00 bits per heavy atom. The second kappa shape index (κ2) is 9.79. The number of rotatable bonds is 7. The third kappa shape index (κ3) is 4.74. The maximum absolute atomic E-state index is 13.3. The molecule has 4 aromatic rings. The molecule has 188 valence electrons. The van der Waals surface area contributed by atoms with Crippen LogP contribution in [0, 0.1) is 0 Å². The first-order valence-corrected chi connectivity index (χ1v) is 13.4. The van der Waals surface area contributed by atoms with E-state index in [0.717, 1.165) is 31.9 Å². The molecule has 3 heterocycles. The molecule has 1 N–H and O–H groups in total. The fourth-order valence-electron chi connectivity index (χ4n) is 4.41. The molecule has 1 aliphatic rings. The van der Waals surface area contributed by atoms with Crippen molar-refractivity contribution in [3.63, 3.8) is 0 Å². The number of hydrogen-bond donors (Lipinski definition) is 1.